The van der Waals surface area contributed by atoms with Gasteiger partial charge in [0, 0.05) is 37.5 Å². The number of nitrogens with zero attached hydrogens (tertiary/aromatic N) is 3. The van der Waals surface area contributed by atoms with E-state index in [1.807, 2.05) is 4.90 Å². The van der Waals surface area contributed by atoms with Crippen molar-refractivity contribution in [3.05, 3.63) is 17.8 Å². The molecule has 1 fully saturated rings. The van der Waals surface area contributed by atoms with E-state index in [-0.39, 0.29) is 11.4 Å². The van der Waals surface area contributed by atoms with Crippen molar-refractivity contribution in [2.45, 2.75) is 59.0 Å². The molecule has 0 unspecified atom stereocenters. The van der Waals surface area contributed by atoms with Crippen LogP contribution in [0.25, 0.3) is 0 Å². The van der Waals surface area contributed by atoms with Crippen LogP contribution in [0.4, 0.5) is 0 Å². The Hall–Kier alpha value is -1.36. The molecule has 1 atom stereocenters. The maximum Gasteiger partial charge on any atom is 0.223 e. The predicted octanol–water partition coefficient (Wildman–Crippen LogP) is 2.88. The molecule has 5 heteroatoms. The van der Waals surface area contributed by atoms with E-state index in [1.165, 1.54) is 0 Å². The Morgan fingerprint density at radius 2 is 2.14 bits per heavy atom. The molecule has 0 aliphatic carbocycles. The van der Waals surface area contributed by atoms with Gasteiger partial charge in [0.1, 0.15) is 6.26 Å². The number of carbonyl (C=O) groups excluding carboxylic acids is 1. The van der Waals surface area contributed by atoms with Crippen LogP contribution in [0.15, 0.2) is 10.7 Å². The highest BCUT2D eigenvalue weighted by Gasteiger charge is 2.36. The van der Waals surface area contributed by atoms with E-state index in [1.54, 1.807) is 6.26 Å². The van der Waals surface area contributed by atoms with Crippen LogP contribution in [0.3, 0.4) is 0 Å². The number of aromatic nitrogens is 1. The molecule has 5 nitrogen and oxygen atoms in total. The first kappa shape index (κ1) is 17.0. The van der Waals surface area contributed by atoms with Crippen molar-refractivity contribution in [3.63, 3.8) is 0 Å². The summed E-state index contributed by atoms with van der Waals surface area (Å²) in [6, 6.07) is 0. The first-order valence-electron chi connectivity index (χ1n) is 8.10. The lowest BCUT2D eigenvalue weighted by molar-refractivity contribution is -0.131. The summed E-state index contributed by atoms with van der Waals surface area (Å²) in [5.74, 6) is 1.77. The van der Waals surface area contributed by atoms with Crippen LogP contribution in [0, 0.1) is 5.92 Å². The van der Waals surface area contributed by atoms with Gasteiger partial charge in [0.25, 0.3) is 0 Å². The molecular weight excluding hydrogens is 278 g/mol. The molecule has 1 amide bonds. The van der Waals surface area contributed by atoms with Gasteiger partial charge in [-0.15, -0.1) is 0 Å². The van der Waals surface area contributed by atoms with Crippen LogP contribution in [0.5, 0.6) is 0 Å². The highest BCUT2D eigenvalue weighted by molar-refractivity contribution is 5.79. The van der Waals surface area contributed by atoms with Gasteiger partial charge in [0.2, 0.25) is 5.91 Å². The highest BCUT2D eigenvalue weighted by atomic mass is 16.3. The van der Waals surface area contributed by atoms with Gasteiger partial charge >= 0.3 is 0 Å². The molecule has 0 spiro atoms. The van der Waals surface area contributed by atoms with Crippen LogP contribution in [-0.2, 0) is 11.3 Å². The summed E-state index contributed by atoms with van der Waals surface area (Å²) < 4.78 is 5.48. The molecule has 0 N–H and O–H groups in total. The number of amides is 1. The standard InChI is InChI=1S/C17H29N3O2/c1-12(2)16-18-14(11-22-16)10-19(6)8-13-7-15(21)20(9-13)17(3,4)5/h11-13H,7-10H2,1-6H3/t13-/m0/s1. The smallest absolute Gasteiger partial charge is 0.223 e. The topological polar surface area (TPSA) is 49.6 Å². The zero-order valence-electron chi connectivity index (χ0n) is 14.7. The molecular formula is C17H29N3O2. The van der Waals surface area contributed by atoms with Crippen LogP contribution >= 0.6 is 0 Å². The Balaban J connectivity index is 1.87. The Morgan fingerprint density at radius 3 is 2.64 bits per heavy atom. The van der Waals surface area contributed by atoms with E-state index in [0.29, 0.717) is 18.3 Å². The second-order valence-corrected chi connectivity index (χ2v) is 7.77. The van der Waals surface area contributed by atoms with E-state index in [9.17, 15) is 4.79 Å². The van der Waals surface area contributed by atoms with Crippen molar-refractivity contribution in [1.82, 2.24) is 14.8 Å². The average molecular weight is 307 g/mol. The molecule has 1 saturated heterocycles. The fourth-order valence-electron chi connectivity index (χ4n) is 2.99. The maximum absolute atomic E-state index is 12.1. The lowest BCUT2D eigenvalue weighted by Crippen LogP contribution is -2.42. The molecule has 2 rings (SSSR count). The summed E-state index contributed by atoms with van der Waals surface area (Å²) in [4.78, 5) is 20.9. The molecule has 1 aromatic heterocycles. The van der Waals surface area contributed by atoms with Gasteiger partial charge < -0.3 is 14.2 Å². The number of hydrogen-bond acceptors (Lipinski definition) is 4. The summed E-state index contributed by atoms with van der Waals surface area (Å²) in [5, 5.41) is 0. The molecule has 0 saturated carbocycles. The average Bonchev–Trinajstić information content (AvgIpc) is 2.95. The lowest BCUT2D eigenvalue weighted by Gasteiger charge is -2.32. The Morgan fingerprint density at radius 1 is 1.45 bits per heavy atom. The highest BCUT2D eigenvalue weighted by Crippen LogP contribution is 2.26. The van der Waals surface area contributed by atoms with E-state index in [4.69, 9.17) is 4.42 Å². The third-order valence-corrected chi connectivity index (χ3v) is 4.08. The van der Waals surface area contributed by atoms with Gasteiger partial charge in [-0.2, -0.15) is 0 Å². The number of likely N-dealkylation sites (tertiary alicyclic amines) is 1. The van der Waals surface area contributed by atoms with E-state index in [2.05, 4.69) is 51.6 Å². The summed E-state index contributed by atoms with van der Waals surface area (Å²) >= 11 is 0. The Kier molecular flexibility index (Phi) is 4.95. The molecule has 1 aliphatic heterocycles. The predicted molar refractivity (Wildman–Crippen MR) is 86.5 cm³/mol. The molecule has 1 aliphatic rings. The van der Waals surface area contributed by atoms with Gasteiger partial charge in [0.15, 0.2) is 5.89 Å². The quantitative estimate of drug-likeness (QED) is 0.839. The SMILES string of the molecule is CC(C)c1nc(CN(C)C[C@@H]2CC(=O)N(C(C)(C)C)C2)co1. The summed E-state index contributed by atoms with van der Waals surface area (Å²) in [6.45, 7) is 13.0. The van der Waals surface area contributed by atoms with Crippen molar-refractivity contribution in [2.24, 2.45) is 5.92 Å². The monoisotopic (exact) mass is 307 g/mol. The first-order chi connectivity index (χ1) is 10.2. The Bertz CT molecular complexity index is 516. The van der Waals surface area contributed by atoms with Crippen LogP contribution < -0.4 is 0 Å². The second-order valence-electron chi connectivity index (χ2n) is 7.77. The number of carbonyl (C=O) groups is 1. The summed E-state index contributed by atoms with van der Waals surface area (Å²) in [7, 11) is 2.08. The molecule has 124 valence electrons. The normalized spacial score (nSPS) is 19.7. The zero-order valence-corrected chi connectivity index (χ0v) is 14.7. The minimum Gasteiger partial charge on any atom is -0.448 e. The Labute approximate surface area is 133 Å². The van der Waals surface area contributed by atoms with E-state index < -0.39 is 0 Å². The first-order valence-corrected chi connectivity index (χ1v) is 8.10. The number of rotatable bonds is 5. The fraction of sp³-hybridized carbons (Fsp3) is 0.765. The fourth-order valence-corrected chi connectivity index (χ4v) is 2.99. The van der Waals surface area contributed by atoms with Crippen molar-refractivity contribution < 1.29 is 9.21 Å². The molecule has 0 bridgehead atoms. The minimum absolute atomic E-state index is 0.0807. The van der Waals surface area contributed by atoms with Gasteiger partial charge in [-0.25, -0.2) is 4.98 Å². The van der Waals surface area contributed by atoms with E-state index >= 15 is 0 Å². The molecule has 0 radical (unpaired) electrons. The van der Waals surface area contributed by atoms with Crippen molar-refractivity contribution in [2.75, 3.05) is 20.1 Å². The largest absolute Gasteiger partial charge is 0.448 e. The summed E-state index contributed by atoms with van der Waals surface area (Å²) in [6.07, 6.45) is 2.39. The van der Waals surface area contributed by atoms with Crippen LogP contribution in [-0.4, -0.2) is 46.4 Å². The summed E-state index contributed by atoms with van der Waals surface area (Å²) in [5.41, 5.74) is 0.881. The molecule has 2 heterocycles. The third kappa shape index (κ3) is 4.09. The van der Waals surface area contributed by atoms with Crippen molar-refractivity contribution >= 4 is 5.91 Å². The molecule has 0 aromatic carbocycles. The third-order valence-electron chi connectivity index (χ3n) is 4.08. The van der Waals surface area contributed by atoms with Gasteiger partial charge in [-0.05, 0) is 33.7 Å². The lowest BCUT2D eigenvalue weighted by atomic mass is 10.1. The van der Waals surface area contributed by atoms with Gasteiger partial charge in [-0.3, -0.25) is 4.79 Å². The molecule has 22 heavy (non-hydrogen) atoms. The number of oxazole rings is 1. The number of hydrogen-bond donors (Lipinski definition) is 0. The molecule has 1 aromatic rings. The minimum atomic E-state index is -0.0807. The van der Waals surface area contributed by atoms with Crippen molar-refractivity contribution in [3.8, 4) is 0 Å². The maximum atomic E-state index is 12.1. The zero-order chi connectivity index (χ0) is 16.5. The van der Waals surface area contributed by atoms with Gasteiger partial charge in [0.05, 0.1) is 5.69 Å². The van der Waals surface area contributed by atoms with Crippen LogP contribution in [0.1, 0.15) is 58.5 Å². The van der Waals surface area contributed by atoms with Crippen LogP contribution in [0.2, 0.25) is 0 Å². The second kappa shape index (κ2) is 6.41. The van der Waals surface area contributed by atoms with Crippen molar-refractivity contribution in [1.29, 1.82) is 0 Å². The van der Waals surface area contributed by atoms with Gasteiger partial charge in [-0.1, -0.05) is 13.8 Å². The van der Waals surface area contributed by atoms with E-state index in [0.717, 1.165) is 31.2 Å².